The molecular formula is C26H23N3O2. The van der Waals surface area contributed by atoms with Crippen LogP contribution in [0.15, 0.2) is 104 Å². The average molecular weight is 409 g/mol. The zero-order valence-corrected chi connectivity index (χ0v) is 17.0. The summed E-state index contributed by atoms with van der Waals surface area (Å²) in [5.74, 6) is 0. The van der Waals surface area contributed by atoms with Crippen LogP contribution >= 0.6 is 0 Å². The van der Waals surface area contributed by atoms with Crippen molar-refractivity contribution < 1.29 is 9.53 Å². The van der Waals surface area contributed by atoms with Gasteiger partial charge in [-0.1, -0.05) is 91.0 Å². The molecule has 0 bridgehead atoms. The molecule has 3 aromatic carbocycles. The molecule has 0 saturated heterocycles. The first-order valence-electron chi connectivity index (χ1n) is 10.4. The summed E-state index contributed by atoms with van der Waals surface area (Å²) >= 11 is 0. The predicted octanol–water partition coefficient (Wildman–Crippen LogP) is 4.81. The Kier molecular flexibility index (Phi) is 4.59. The van der Waals surface area contributed by atoms with E-state index >= 15 is 0 Å². The summed E-state index contributed by atoms with van der Waals surface area (Å²) in [5, 5.41) is 0. The molecule has 0 unspecified atom stereocenters. The fourth-order valence-corrected chi connectivity index (χ4v) is 4.44. The minimum absolute atomic E-state index is 0.641. The van der Waals surface area contributed by atoms with E-state index in [1.54, 1.807) is 0 Å². The Labute approximate surface area is 181 Å². The molecule has 4 aromatic rings. The van der Waals surface area contributed by atoms with E-state index in [4.69, 9.17) is 10.5 Å². The largest absolute Gasteiger partial charge is 0.436 e. The number of primary amides is 1. The summed E-state index contributed by atoms with van der Waals surface area (Å²) in [4.78, 5) is 16.1. The normalized spacial score (nSPS) is 14.7. The van der Waals surface area contributed by atoms with E-state index in [1.165, 1.54) is 0 Å². The van der Waals surface area contributed by atoms with Crippen LogP contribution in [-0.2, 0) is 15.9 Å². The van der Waals surface area contributed by atoms with Crippen molar-refractivity contribution >= 4 is 6.09 Å². The molecule has 1 amide bonds. The van der Waals surface area contributed by atoms with Gasteiger partial charge in [0.05, 0.1) is 6.33 Å². The Morgan fingerprint density at radius 2 is 1.29 bits per heavy atom. The van der Waals surface area contributed by atoms with Gasteiger partial charge in [0, 0.05) is 6.20 Å². The number of benzene rings is 3. The van der Waals surface area contributed by atoms with Gasteiger partial charge >= 0.3 is 6.09 Å². The molecule has 0 spiro atoms. The number of aromatic nitrogens is 2. The number of carbonyl (C=O) groups is 1. The number of imidazole rings is 1. The third-order valence-electron chi connectivity index (χ3n) is 6.01. The topological polar surface area (TPSA) is 70.1 Å². The lowest BCUT2D eigenvalue weighted by molar-refractivity contribution is 0.0874. The van der Waals surface area contributed by atoms with Crippen molar-refractivity contribution in [1.29, 1.82) is 0 Å². The van der Waals surface area contributed by atoms with Gasteiger partial charge < -0.3 is 15.0 Å². The molecule has 0 aliphatic heterocycles. The zero-order chi connectivity index (χ0) is 21.3. The second-order valence-corrected chi connectivity index (χ2v) is 7.89. The highest BCUT2D eigenvalue weighted by molar-refractivity contribution is 5.66. The van der Waals surface area contributed by atoms with Crippen LogP contribution in [0.1, 0.15) is 35.2 Å². The Hall–Kier alpha value is -3.86. The predicted molar refractivity (Wildman–Crippen MR) is 118 cm³/mol. The summed E-state index contributed by atoms with van der Waals surface area (Å²) in [6.07, 6.45) is 4.49. The number of nitrogens with two attached hydrogens (primary N) is 1. The van der Waals surface area contributed by atoms with Crippen LogP contribution in [0.5, 0.6) is 0 Å². The smallest absolute Gasteiger partial charge is 0.405 e. The fourth-order valence-electron chi connectivity index (χ4n) is 4.44. The third kappa shape index (κ3) is 3.19. The second kappa shape index (κ2) is 7.43. The Morgan fingerprint density at radius 3 is 1.68 bits per heavy atom. The first-order chi connectivity index (χ1) is 15.1. The van der Waals surface area contributed by atoms with Crippen LogP contribution in [0.25, 0.3) is 0 Å². The molecule has 154 valence electrons. The molecule has 5 nitrogen and oxygen atoms in total. The molecule has 2 N–H and O–H groups in total. The molecule has 5 rings (SSSR count). The van der Waals surface area contributed by atoms with E-state index in [1.807, 2.05) is 67.1 Å². The van der Waals surface area contributed by atoms with Crippen molar-refractivity contribution in [3.05, 3.63) is 126 Å². The lowest BCUT2D eigenvalue weighted by Crippen LogP contribution is -2.37. The van der Waals surface area contributed by atoms with Crippen LogP contribution in [0.4, 0.5) is 4.79 Å². The number of hydrogen-bond acceptors (Lipinski definition) is 3. The number of ether oxygens (including phenoxy) is 1. The quantitative estimate of drug-likeness (QED) is 0.465. The molecule has 1 saturated carbocycles. The first kappa shape index (κ1) is 19.1. The Bertz CT molecular complexity index is 1090. The summed E-state index contributed by atoms with van der Waals surface area (Å²) in [6, 6.07) is 31.1. The fraction of sp³-hybridized carbons (Fsp3) is 0.154. The number of carbonyl (C=O) groups excluding carboxylic acids is 1. The van der Waals surface area contributed by atoms with Crippen molar-refractivity contribution in [3.63, 3.8) is 0 Å². The van der Waals surface area contributed by atoms with E-state index in [9.17, 15) is 4.79 Å². The van der Waals surface area contributed by atoms with Gasteiger partial charge in [-0.15, -0.1) is 0 Å². The van der Waals surface area contributed by atoms with Gasteiger partial charge in [0.25, 0.3) is 0 Å². The lowest BCUT2D eigenvalue weighted by Gasteiger charge is -2.37. The van der Waals surface area contributed by atoms with Crippen LogP contribution in [-0.4, -0.2) is 15.6 Å². The van der Waals surface area contributed by atoms with E-state index in [-0.39, 0.29) is 0 Å². The highest BCUT2D eigenvalue weighted by Crippen LogP contribution is 2.49. The Morgan fingerprint density at radius 1 is 0.839 bits per heavy atom. The van der Waals surface area contributed by atoms with E-state index in [0.717, 1.165) is 35.2 Å². The van der Waals surface area contributed by atoms with Gasteiger partial charge in [-0.2, -0.15) is 0 Å². The molecule has 5 heteroatoms. The van der Waals surface area contributed by atoms with Gasteiger partial charge in [-0.25, -0.2) is 9.78 Å². The van der Waals surface area contributed by atoms with Crippen LogP contribution in [0.2, 0.25) is 0 Å². The van der Waals surface area contributed by atoms with Crippen molar-refractivity contribution in [2.24, 2.45) is 5.73 Å². The number of hydrogen-bond donors (Lipinski definition) is 1. The number of nitrogens with zero attached hydrogens (tertiary/aromatic N) is 2. The average Bonchev–Trinajstić information content (AvgIpc) is 3.40. The number of amides is 1. The highest BCUT2D eigenvalue weighted by Gasteiger charge is 2.51. The van der Waals surface area contributed by atoms with Gasteiger partial charge in [0.1, 0.15) is 11.2 Å². The number of rotatable bonds is 6. The summed E-state index contributed by atoms with van der Waals surface area (Å²) < 4.78 is 7.56. The minimum Gasteiger partial charge on any atom is -0.436 e. The highest BCUT2D eigenvalue weighted by atomic mass is 16.6. The monoisotopic (exact) mass is 409 g/mol. The summed E-state index contributed by atoms with van der Waals surface area (Å²) in [6.45, 7) is 0. The molecule has 1 aliphatic carbocycles. The van der Waals surface area contributed by atoms with Crippen LogP contribution in [0.3, 0.4) is 0 Å². The van der Waals surface area contributed by atoms with Crippen molar-refractivity contribution in [1.82, 2.24) is 9.55 Å². The zero-order valence-electron chi connectivity index (χ0n) is 17.0. The maximum absolute atomic E-state index is 11.5. The van der Waals surface area contributed by atoms with E-state index in [2.05, 4.69) is 45.9 Å². The first-order valence-corrected chi connectivity index (χ1v) is 10.4. The molecule has 1 aromatic heterocycles. The third-order valence-corrected chi connectivity index (χ3v) is 6.01. The summed E-state index contributed by atoms with van der Waals surface area (Å²) in [5.41, 5.74) is 8.02. The van der Waals surface area contributed by atoms with Gasteiger partial charge in [-0.3, -0.25) is 0 Å². The molecule has 1 aliphatic rings. The molecule has 1 fully saturated rings. The minimum atomic E-state index is -0.771. The lowest BCUT2D eigenvalue weighted by atomic mass is 9.77. The van der Waals surface area contributed by atoms with Gasteiger partial charge in [0.2, 0.25) is 0 Å². The maximum Gasteiger partial charge on any atom is 0.405 e. The van der Waals surface area contributed by atoms with Crippen molar-refractivity contribution in [2.75, 3.05) is 0 Å². The van der Waals surface area contributed by atoms with E-state index < -0.39 is 17.2 Å². The van der Waals surface area contributed by atoms with E-state index in [0.29, 0.717) is 0 Å². The van der Waals surface area contributed by atoms with Gasteiger partial charge in [-0.05, 0) is 29.5 Å². The SMILES string of the molecule is NC(=O)OC1(c2cn(C(c3ccccc3)(c3ccccc3)c3ccccc3)cn2)CC1. The molecule has 0 atom stereocenters. The summed E-state index contributed by atoms with van der Waals surface area (Å²) in [7, 11) is 0. The molecule has 31 heavy (non-hydrogen) atoms. The molecule has 1 heterocycles. The van der Waals surface area contributed by atoms with Crippen LogP contribution in [0, 0.1) is 0 Å². The molecular weight excluding hydrogens is 386 g/mol. The standard InChI is InChI=1S/C26H23N3O2/c27-24(30)31-25(16-17-25)23-18-29(19-28-23)26(20-10-4-1-5-11-20,21-12-6-2-7-13-21)22-14-8-3-9-15-22/h1-15,18-19H,16-17H2,(H2,27,30). The van der Waals surface area contributed by atoms with Crippen molar-refractivity contribution in [2.45, 2.75) is 24.0 Å². The van der Waals surface area contributed by atoms with Gasteiger partial charge in [0.15, 0.2) is 5.60 Å². The molecule has 0 radical (unpaired) electrons. The maximum atomic E-state index is 11.5. The van der Waals surface area contributed by atoms with Crippen molar-refractivity contribution in [3.8, 4) is 0 Å². The Balaban J connectivity index is 1.77. The second-order valence-electron chi connectivity index (χ2n) is 7.89. The van der Waals surface area contributed by atoms with Crippen LogP contribution < -0.4 is 5.73 Å².